The Balaban J connectivity index is 1.76. The first-order valence-corrected chi connectivity index (χ1v) is 9.31. The first-order valence-electron chi connectivity index (χ1n) is 9.31. The number of carbonyl (C=O) groups excluding carboxylic acids is 2. The van der Waals surface area contributed by atoms with Crippen molar-refractivity contribution < 1.29 is 14.7 Å². The maximum absolute atomic E-state index is 12.9. The molecule has 1 N–H and O–H groups in total. The molecule has 1 aromatic carbocycles. The molecule has 1 spiro atoms. The average Bonchev–Trinajstić information content (AvgIpc) is 2.65. The van der Waals surface area contributed by atoms with E-state index >= 15 is 0 Å². The molecule has 0 aliphatic carbocycles. The summed E-state index contributed by atoms with van der Waals surface area (Å²) in [6.45, 7) is 4.94. The summed E-state index contributed by atoms with van der Waals surface area (Å²) in [5.74, 6) is 0.198. The molecule has 1 unspecified atom stereocenters. The highest BCUT2D eigenvalue weighted by Crippen LogP contribution is 2.45. The van der Waals surface area contributed by atoms with Gasteiger partial charge in [-0.25, -0.2) is 0 Å². The molecule has 5 heteroatoms. The number of aliphatic hydroxyl groups is 1. The molecule has 2 heterocycles. The molecule has 5 nitrogen and oxygen atoms in total. The fourth-order valence-electron chi connectivity index (χ4n) is 4.35. The van der Waals surface area contributed by atoms with Crippen LogP contribution >= 0.6 is 0 Å². The maximum Gasteiger partial charge on any atom is 0.230 e. The predicted octanol–water partition coefficient (Wildman–Crippen LogP) is 2.01. The highest BCUT2D eigenvalue weighted by atomic mass is 16.3. The number of aliphatic hydroxyl groups excluding tert-OH is 1. The molecule has 0 aromatic heterocycles. The van der Waals surface area contributed by atoms with E-state index in [1.807, 2.05) is 34.9 Å². The Morgan fingerprint density at radius 1 is 1.24 bits per heavy atom. The van der Waals surface area contributed by atoms with E-state index in [0.29, 0.717) is 0 Å². The van der Waals surface area contributed by atoms with Crippen LogP contribution in [-0.2, 0) is 9.59 Å². The van der Waals surface area contributed by atoms with Gasteiger partial charge in [0.15, 0.2) is 0 Å². The normalized spacial score (nSPS) is 23.1. The van der Waals surface area contributed by atoms with Crippen LogP contribution in [0.15, 0.2) is 30.3 Å². The lowest BCUT2D eigenvalue weighted by Gasteiger charge is -2.49. The summed E-state index contributed by atoms with van der Waals surface area (Å²) < 4.78 is 0. The number of nitrogens with zero attached hydrogens (tertiary/aromatic N) is 2. The lowest BCUT2D eigenvalue weighted by atomic mass is 9.67. The van der Waals surface area contributed by atoms with Gasteiger partial charge in [0.05, 0.1) is 12.5 Å². The number of likely N-dealkylation sites (tertiary alicyclic amines) is 2. The van der Waals surface area contributed by atoms with Crippen LogP contribution in [0, 0.1) is 5.41 Å². The number of piperidine rings is 2. The lowest BCUT2D eigenvalue weighted by Crippen LogP contribution is -2.54. The van der Waals surface area contributed by atoms with Crippen LogP contribution in [0.2, 0.25) is 0 Å². The molecule has 1 aromatic rings. The van der Waals surface area contributed by atoms with Gasteiger partial charge in [-0.1, -0.05) is 30.3 Å². The van der Waals surface area contributed by atoms with Crippen LogP contribution in [0.25, 0.3) is 0 Å². The molecule has 2 fully saturated rings. The van der Waals surface area contributed by atoms with Gasteiger partial charge in [-0.3, -0.25) is 9.59 Å². The monoisotopic (exact) mass is 344 g/mol. The minimum atomic E-state index is -0.0886. The molecule has 25 heavy (non-hydrogen) atoms. The van der Waals surface area contributed by atoms with E-state index in [-0.39, 0.29) is 36.2 Å². The average molecular weight is 344 g/mol. The summed E-state index contributed by atoms with van der Waals surface area (Å²) in [5.41, 5.74) is 1.20. The summed E-state index contributed by atoms with van der Waals surface area (Å²) >= 11 is 0. The Hall–Kier alpha value is -1.88. The van der Waals surface area contributed by atoms with E-state index < -0.39 is 0 Å². The van der Waals surface area contributed by atoms with Crippen molar-refractivity contribution in [2.75, 3.05) is 32.8 Å². The molecule has 0 bridgehead atoms. The summed E-state index contributed by atoms with van der Waals surface area (Å²) in [7, 11) is 0. The second-order valence-corrected chi connectivity index (χ2v) is 7.37. The van der Waals surface area contributed by atoms with Crippen LogP contribution in [0.1, 0.15) is 44.1 Å². The minimum Gasteiger partial charge on any atom is -0.396 e. The standard InChI is InChI=1S/C20H28N2O3/c1-2-21-15-20(9-11-22(12-10-20)18(24)8-13-23)14-17(19(21)25)16-6-4-3-5-7-16/h3-7,17,23H,2,8-15H2,1H3. The van der Waals surface area contributed by atoms with Crippen molar-refractivity contribution in [3.05, 3.63) is 35.9 Å². The van der Waals surface area contributed by atoms with Crippen molar-refractivity contribution in [2.45, 2.75) is 38.5 Å². The number of hydrogen-bond donors (Lipinski definition) is 1. The van der Waals surface area contributed by atoms with Gasteiger partial charge < -0.3 is 14.9 Å². The molecule has 0 radical (unpaired) electrons. The number of benzene rings is 1. The SMILES string of the molecule is CCN1CC2(CCN(C(=O)CCO)CC2)CC(c2ccccc2)C1=O. The number of rotatable bonds is 4. The van der Waals surface area contributed by atoms with Gasteiger partial charge >= 0.3 is 0 Å². The number of carbonyl (C=O) groups is 2. The van der Waals surface area contributed by atoms with Crippen molar-refractivity contribution in [2.24, 2.45) is 5.41 Å². The summed E-state index contributed by atoms with van der Waals surface area (Å²) in [6.07, 6.45) is 2.93. The molecule has 2 aliphatic rings. The maximum atomic E-state index is 12.9. The highest BCUT2D eigenvalue weighted by Gasteiger charge is 2.46. The van der Waals surface area contributed by atoms with Crippen molar-refractivity contribution in [3.8, 4) is 0 Å². The molecule has 3 rings (SSSR count). The zero-order chi connectivity index (χ0) is 17.9. The number of amides is 2. The predicted molar refractivity (Wildman–Crippen MR) is 96.0 cm³/mol. The van der Waals surface area contributed by atoms with Crippen LogP contribution in [0.5, 0.6) is 0 Å². The van der Waals surface area contributed by atoms with E-state index in [2.05, 4.69) is 12.1 Å². The Kier molecular flexibility index (Phi) is 5.42. The van der Waals surface area contributed by atoms with Gasteiger partial charge in [-0.05, 0) is 37.2 Å². The highest BCUT2D eigenvalue weighted by molar-refractivity contribution is 5.85. The third-order valence-corrected chi connectivity index (χ3v) is 5.86. The van der Waals surface area contributed by atoms with E-state index in [4.69, 9.17) is 5.11 Å². The lowest BCUT2D eigenvalue weighted by molar-refractivity contribution is -0.144. The van der Waals surface area contributed by atoms with Crippen molar-refractivity contribution in [3.63, 3.8) is 0 Å². The van der Waals surface area contributed by atoms with Crippen LogP contribution < -0.4 is 0 Å². The first kappa shape index (κ1) is 17.9. The van der Waals surface area contributed by atoms with Crippen LogP contribution in [0.4, 0.5) is 0 Å². The van der Waals surface area contributed by atoms with Crippen molar-refractivity contribution in [1.82, 2.24) is 9.80 Å². The van der Waals surface area contributed by atoms with Gasteiger partial charge in [-0.15, -0.1) is 0 Å². The minimum absolute atomic E-state index is 0.0381. The molecular formula is C20H28N2O3. The quantitative estimate of drug-likeness (QED) is 0.909. The Morgan fingerprint density at radius 2 is 1.92 bits per heavy atom. The van der Waals surface area contributed by atoms with E-state index in [1.165, 1.54) is 0 Å². The summed E-state index contributed by atoms with van der Waals surface area (Å²) in [5, 5.41) is 8.97. The molecule has 2 aliphatic heterocycles. The second kappa shape index (κ2) is 7.56. The summed E-state index contributed by atoms with van der Waals surface area (Å²) in [4.78, 5) is 28.8. The smallest absolute Gasteiger partial charge is 0.230 e. The van der Waals surface area contributed by atoms with E-state index in [0.717, 1.165) is 51.0 Å². The zero-order valence-electron chi connectivity index (χ0n) is 15.0. The van der Waals surface area contributed by atoms with Crippen molar-refractivity contribution in [1.29, 1.82) is 0 Å². The van der Waals surface area contributed by atoms with Gasteiger partial charge in [0.2, 0.25) is 11.8 Å². The third kappa shape index (κ3) is 3.71. The molecule has 2 amide bonds. The largest absolute Gasteiger partial charge is 0.396 e. The van der Waals surface area contributed by atoms with E-state index in [1.54, 1.807) is 0 Å². The van der Waals surface area contributed by atoms with E-state index in [9.17, 15) is 9.59 Å². The Bertz CT molecular complexity index is 609. The topological polar surface area (TPSA) is 60.9 Å². The summed E-state index contributed by atoms with van der Waals surface area (Å²) in [6, 6.07) is 10.1. The van der Waals surface area contributed by atoms with Gasteiger partial charge in [0.1, 0.15) is 0 Å². The number of hydrogen-bond acceptors (Lipinski definition) is 3. The molecule has 136 valence electrons. The van der Waals surface area contributed by atoms with Crippen LogP contribution in [-0.4, -0.2) is 59.5 Å². The number of likely N-dealkylation sites (N-methyl/N-ethyl adjacent to an activating group) is 1. The van der Waals surface area contributed by atoms with Gasteiger partial charge in [0, 0.05) is 32.6 Å². The van der Waals surface area contributed by atoms with Crippen LogP contribution in [0.3, 0.4) is 0 Å². The Morgan fingerprint density at radius 3 is 2.52 bits per heavy atom. The Labute approximate surface area is 149 Å². The molecule has 1 atom stereocenters. The molecule has 0 saturated carbocycles. The van der Waals surface area contributed by atoms with Crippen molar-refractivity contribution >= 4 is 11.8 Å². The zero-order valence-corrected chi connectivity index (χ0v) is 15.0. The van der Waals surface area contributed by atoms with Gasteiger partial charge in [0.25, 0.3) is 0 Å². The fourth-order valence-corrected chi connectivity index (χ4v) is 4.35. The third-order valence-electron chi connectivity index (χ3n) is 5.86. The molecular weight excluding hydrogens is 316 g/mol. The first-order chi connectivity index (χ1) is 12.1. The fraction of sp³-hybridized carbons (Fsp3) is 0.600. The second-order valence-electron chi connectivity index (χ2n) is 7.37. The molecule has 2 saturated heterocycles. The van der Waals surface area contributed by atoms with Gasteiger partial charge in [-0.2, -0.15) is 0 Å².